The van der Waals surface area contributed by atoms with Crippen molar-refractivity contribution in [1.29, 1.82) is 5.26 Å². The van der Waals surface area contributed by atoms with Crippen LogP contribution in [0.1, 0.15) is 17.5 Å². The Morgan fingerprint density at radius 1 is 1.05 bits per heavy atom. The second-order valence-corrected chi connectivity index (χ2v) is 8.11. The molecule has 6 N–H and O–H groups in total. The zero-order chi connectivity index (χ0) is 29.8. The minimum Gasteiger partial charge on any atom is -0.508 e. The standard InChI is InChI=1S/C13H13N3O3.C12H11N3O6/c14-3-4-19-13(18)11(15)5-8-7-16-12-2-1-9(17)6-10(8)12;1-2-3-11(13)12(16)21-7-8-4-9(14(17)18)6-10(5-8)15(19)20/h1-2,6-7,11,16-17H,4-5,15H2;1,4-6,11H,3,7,13H2. The highest BCUT2D eigenvalue weighted by Crippen LogP contribution is 2.24. The Kier molecular flexibility index (Phi) is 11.1. The molecule has 0 aliphatic rings. The van der Waals surface area contributed by atoms with Crippen molar-refractivity contribution in [3.05, 3.63) is 74.0 Å². The zero-order valence-electron chi connectivity index (χ0n) is 20.8. The van der Waals surface area contributed by atoms with Crippen LogP contribution in [0.5, 0.6) is 5.75 Å². The summed E-state index contributed by atoms with van der Waals surface area (Å²) in [6.45, 7) is -0.680. The number of aromatic nitrogens is 1. The number of carbonyl (C=O) groups is 2. The third kappa shape index (κ3) is 8.80. The zero-order valence-corrected chi connectivity index (χ0v) is 20.8. The van der Waals surface area contributed by atoms with Gasteiger partial charge in [-0.3, -0.25) is 29.8 Å². The quantitative estimate of drug-likeness (QED) is 0.121. The number of aromatic amines is 1. The van der Waals surface area contributed by atoms with E-state index in [2.05, 4.69) is 15.6 Å². The molecule has 0 saturated carbocycles. The fourth-order valence-corrected chi connectivity index (χ4v) is 3.29. The van der Waals surface area contributed by atoms with Crippen LogP contribution < -0.4 is 11.5 Å². The van der Waals surface area contributed by atoms with Gasteiger partial charge in [-0.05, 0) is 23.8 Å². The summed E-state index contributed by atoms with van der Waals surface area (Å²) in [5.74, 6) is 0.933. The first-order chi connectivity index (χ1) is 19.0. The van der Waals surface area contributed by atoms with Crippen molar-refractivity contribution < 1.29 is 34.0 Å². The predicted molar refractivity (Wildman–Crippen MR) is 139 cm³/mol. The number of nitrogens with two attached hydrogens (primary N) is 2. The highest BCUT2D eigenvalue weighted by Gasteiger charge is 2.19. The van der Waals surface area contributed by atoms with Crippen LogP contribution in [-0.2, 0) is 32.1 Å². The minimum absolute atomic E-state index is 0.0199. The lowest BCUT2D eigenvalue weighted by Gasteiger charge is -2.09. The number of nitriles is 1. The lowest BCUT2D eigenvalue weighted by Crippen LogP contribution is -2.34. The van der Waals surface area contributed by atoms with Crippen LogP contribution in [0.25, 0.3) is 10.9 Å². The van der Waals surface area contributed by atoms with E-state index in [1.165, 1.54) is 0 Å². The first kappa shape index (κ1) is 30.7. The van der Waals surface area contributed by atoms with Gasteiger partial charge in [0.2, 0.25) is 0 Å². The van der Waals surface area contributed by atoms with E-state index in [9.17, 15) is 34.9 Å². The number of fused-ring (bicyclic) bond motifs is 1. The van der Waals surface area contributed by atoms with E-state index >= 15 is 0 Å². The molecule has 0 radical (unpaired) electrons. The van der Waals surface area contributed by atoms with E-state index < -0.39 is 45.2 Å². The molecule has 15 heteroatoms. The number of H-pyrrole nitrogens is 1. The number of nitrogens with one attached hydrogen (secondary N) is 1. The molecule has 3 rings (SSSR count). The van der Waals surface area contributed by atoms with Gasteiger partial charge in [-0.15, -0.1) is 12.3 Å². The summed E-state index contributed by atoms with van der Waals surface area (Å²) in [6.07, 6.45) is 6.98. The average molecular weight is 553 g/mol. The topological polar surface area (TPSA) is 251 Å². The normalized spacial score (nSPS) is 11.6. The molecule has 0 aliphatic heterocycles. The van der Waals surface area contributed by atoms with Crippen LogP contribution in [0.2, 0.25) is 0 Å². The molecule has 0 fully saturated rings. The van der Waals surface area contributed by atoms with Gasteiger partial charge in [0.1, 0.15) is 30.5 Å². The lowest BCUT2D eigenvalue weighted by atomic mass is 10.1. The summed E-state index contributed by atoms with van der Waals surface area (Å²) in [5, 5.41) is 40.0. The summed E-state index contributed by atoms with van der Waals surface area (Å²) in [7, 11) is 0. The number of phenolic OH excluding ortho intramolecular Hbond substituents is 1. The monoisotopic (exact) mass is 552 g/mol. The van der Waals surface area contributed by atoms with Crippen molar-refractivity contribution in [1.82, 2.24) is 4.98 Å². The Morgan fingerprint density at radius 2 is 1.68 bits per heavy atom. The van der Waals surface area contributed by atoms with Crippen molar-refractivity contribution in [3.8, 4) is 24.2 Å². The maximum absolute atomic E-state index is 11.5. The Bertz CT molecular complexity index is 1460. The van der Waals surface area contributed by atoms with Gasteiger partial charge in [0, 0.05) is 47.6 Å². The second kappa shape index (κ2) is 14.4. The highest BCUT2D eigenvalue weighted by molar-refractivity contribution is 5.85. The Labute approximate surface area is 226 Å². The van der Waals surface area contributed by atoms with Crippen LogP contribution in [0, 0.1) is 43.9 Å². The third-order valence-electron chi connectivity index (χ3n) is 5.18. The molecule has 40 heavy (non-hydrogen) atoms. The number of ether oxygens (including phenoxy) is 2. The van der Waals surface area contributed by atoms with Crippen molar-refractivity contribution in [3.63, 3.8) is 0 Å². The van der Waals surface area contributed by atoms with E-state index in [4.69, 9.17) is 27.9 Å². The molecule has 208 valence electrons. The molecule has 0 saturated heterocycles. The van der Waals surface area contributed by atoms with Gasteiger partial charge < -0.3 is 31.0 Å². The van der Waals surface area contributed by atoms with Crippen LogP contribution in [0.15, 0.2) is 42.6 Å². The largest absolute Gasteiger partial charge is 0.508 e. The lowest BCUT2D eigenvalue weighted by molar-refractivity contribution is -0.394. The van der Waals surface area contributed by atoms with Crippen molar-refractivity contribution in [2.45, 2.75) is 31.5 Å². The number of hydrogen-bond acceptors (Lipinski definition) is 12. The highest BCUT2D eigenvalue weighted by atomic mass is 16.6. The Balaban J connectivity index is 0.000000281. The molecule has 0 aliphatic carbocycles. The number of nitro benzene ring substituents is 2. The number of nitro groups is 2. The van der Waals surface area contributed by atoms with Crippen LogP contribution >= 0.6 is 0 Å². The molecule has 3 aromatic rings. The fraction of sp³-hybridized carbons (Fsp3) is 0.240. The van der Waals surface area contributed by atoms with Gasteiger partial charge in [-0.25, -0.2) is 0 Å². The summed E-state index contributed by atoms with van der Waals surface area (Å²) < 4.78 is 9.46. The van der Waals surface area contributed by atoms with E-state index in [0.29, 0.717) is 0 Å². The predicted octanol–water partition coefficient (Wildman–Crippen LogP) is 1.71. The molecule has 2 aromatic carbocycles. The smallest absolute Gasteiger partial charge is 0.324 e. The number of rotatable bonds is 10. The summed E-state index contributed by atoms with van der Waals surface area (Å²) in [6, 6.07) is 7.75. The fourth-order valence-electron chi connectivity index (χ4n) is 3.29. The van der Waals surface area contributed by atoms with Crippen molar-refractivity contribution >= 4 is 34.2 Å². The first-order valence-electron chi connectivity index (χ1n) is 11.3. The number of non-ortho nitro benzene ring substituents is 2. The van der Waals surface area contributed by atoms with Crippen molar-refractivity contribution in [2.75, 3.05) is 6.61 Å². The van der Waals surface area contributed by atoms with E-state index in [1.54, 1.807) is 30.5 Å². The summed E-state index contributed by atoms with van der Waals surface area (Å²) >= 11 is 0. The minimum atomic E-state index is -1.01. The van der Waals surface area contributed by atoms with Crippen LogP contribution in [0.4, 0.5) is 11.4 Å². The SMILES string of the molecule is C#CCC(N)C(=O)OCc1cc([N+](=O)[O-])cc([N+](=O)[O-])c1.N#CCOC(=O)C(N)Cc1c[nH]c2ccc(O)cc12. The molecule has 15 nitrogen and oxygen atoms in total. The van der Waals surface area contributed by atoms with E-state index in [-0.39, 0.29) is 37.4 Å². The number of phenols is 1. The molecule has 0 bridgehead atoms. The van der Waals surface area contributed by atoms with Gasteiger partial charge >= 0.3 is 11.9 Å². The second-order valence-electron chi connectivity index (χ2n) is 8.11. The Hall–Kier alpha value is -5.51. The molecule has 1 heterocycles. The maximum Gasteiger partial charge on any atom is 0.324 e. The number of aromatic hydroxyl groups is 1. The van der Waals surface area contributed by atoms with Gasteiger partial charge in [0.25, 0.3) is 11.4 Å². The van der Waals surface area contributed by atoms with Crippen LogP contribution in [-0.4, -0.2) is 50.6 Å². The maximum atomic E-state index is 11.5. The van der Waals surface area contributed by atoms with Crippen molar-refractivity contribution in [2.24, 2.45) is 11.5 Å². The number of hydrogen-bond donors (Lipinski definition) is 4. The summed E-state index contributed by atoms with van der Waals surface area (Å²) in [4.78, 5) is 45.8. The number of benzene rings is 2. The molecule has 1 aromatic heterocycles. The van der Waals surface area contributed by atoms with E-state index in [0.717, 1.165) is 34.7 Å². The third-order valence-corrected chi connectivity index (χ3v) is 5.18. The molecule has 0 amide bonds. The number of esters is 2. The van der Waals surface area contributed by atoms with Gasteiger partial charge in [0.15, 0.2) is 6.61 Å². The molecular weight excluding hydrogens is 528 g/mol. The van der Waals surface area contributed by atoms with Gasteiger partial charge in [-0.2, -0.15) is 5.26 Å². The van der Waals surface area contributed by atoms with Gasteiger partial charge in [-0.1, -0.05) is 0 Å². The van der Waals surface area contributed by atoms with Crippen LogP contribution in [0.3, 0.4) is 0 Å². The number of carbonyl (C=O) groups excluding carboxylic acids is 2. The molecular formula is C25H24N6O9. The molecule has 2 unspecified atom stereocenters. The average Bonchev–Trinajstić information content (AvgIpc) is 3.31. The molecule has 2 atom stereocenters. The number of nitrogens with zero attached hydrogens (tertiary/aromatic N) is 3. The summed E-state index contributed by atoms with van der Waals surface area (Å²) in [5.41, 5.74) is 12.0. The first-order valence-corrected chi connectivity index (χ1v) is 11.3. The molecule has 0 spiro atoms. The van der Waals surface area contributed by atoms with E-state index in [1.807, 2.05) is 0 Å². The number of terminal acetylenes is 1. The Morgan fingerprint density at radius 3 is 2.25 bits per heavy atom. The van der Waals surface area contributed by atoms with Gasteiger partial charge in [0.05, 0.1) is 15.9 Å².